The number of carbonyl (C=O) groups is 1. The van der Waals surface area contributed by atoms with Crippen LogP contribution in [-0.4, -0.2) is 22.1 Å². The summed E-state index contributed by atoms with van der Waals surface area (Å²) < 4.78 is 0. The van der Waals surface area contributed by atoms with Gasteiger partial charge in [0.2, 0.25) is 0 Å². The quantitative estimate of drug-likeness (QED) is 0.844. The van der Waals surface area contributed by atoms with Crippen LogP contribution in [0.4, 0.5) is 5.82 Å². The minimum absolute atomic E-state index is 0.225. The number of rotatable bonds is 3. The molecule has 0 bridgehead atoms. The Labute approximate surface area is 101 Å². The zero-order valence-electron chi connectivity index (χ0n) is 10.2. The van der Waals surface area contributed by atoms with Gasteiger partial charge in [-0.1, -0.05) is 13.8 Å². The molecule has 0 saturated heterocycles. The van der Waals surface area contributed by atoms with Crippen molar-refractivity contribution in [3.8, 4) is 0 Å². The first kappa shape index (κ1) is 11.9. The molecule has 1 aliphatic carbocycles. The molecule has 0 aromatic carbocycles. The highest BCUT2D eigenvalue weighted by atomic mass is 16.4. The standard InChI is InChI=1S/C13H18N2O2/c1-8-3-5-11(9(8)2)15-12-6-4-10(7-14-12)13(16)17/h4,6-9,11H,3,5H2,1-2H3,(H,14,15)(H,16,17). The largest absolute Gasteiger partial charge is 0.478 e. The van der Waals surface area contributed by atoms with Crippen molar-refractivity contribution in [3.63, 3.8) is 0 Å². The van der Waals surface area contributed by atoms with Crippen molar-refractivity contribution in [3.05, 3.63) is 23.9 Å². The Balaban J connectivity index is 2.02. The van der Waals surface area contributed by atoms with Gasteiger partial charge in [0.25, 0.3) is 0 Å². The highest BCUT2D eigenvalue weighted by Gasteiger charge is 2.29. The van der Waals surface area contributed by atoms with Crippen molar-refractivity contribution in [2.45, 2.75) is 32.7 Å². The molecule has 4 heteroatoms. The van der Waals surface area contributed by atoms with Crippen molar-refractivity contribution in [2.75, 3.05) is 5.32 Å². The van der Waals surface area contributed by atoms with E-state index in [-0.39, 0.29) is 5.56 Å². The molecule has 1 aliphatic rings. The normalized spacial score (nSPS) is 28.0. The van der Waals surface area contributed by atoms with Gasteiger partial charge in [-0.05, 0) is 36.8 Å². The van der Waals surface area contributed by atoms with E-state index < -0.39 is 5.97 Å². The Kier molecular flexibility index (Phi) is 3.31. The van der Waals surface area contributed by atoms with E-state index in [2.05, 4.69) is 24.1 Å². The zero-order valence-corrected chi connectivity index (χ0v) is 10.2. The maximum Gasteiger partial charge on any atom is 0.337 e. The number of aromatic carboxylic acids is 1. The molecule has 1 saturated carbocycles. The first-order chi connectivity index (χ1) is 8.08. The SMILES string of the molecule is CC1CCC(Nc2ccc(C(=O)O)cn2)C1C. The Hall–Kier alpha value is -1.58. The van der Waals surface area contributed by atoms with E-state index in [0.29, 0.717) is 12.0 Å². The van der Waals surface area contributed by atoms with E-state index in [4.69, 9.17) is 5.11 Å². The summed E-state index contributed by atoms with van der Waals surface area (Å²) in [5.41, 5.74) is 0.225. The molecule has 0 spiro atoms. The maximum absolute atomic E-state index is 10.7. The van der Waals surface area contributed by atoms with E-state index >= 15 is 0 Å². The number of carboxylic acid groups (broad SMARTS) is 1. The Morgan fingerprint density at radius 1 is 1.41 bits per heavy atom. The van der Waals surface area contributed by atoms with Crippen molar-refractivity contribution in [1.29, 1.82) is 0 Å². The summed E-state index contributed by atoms with van der Waals surface area (Å²) in [6.07, 6.45) is 3.80. The van der Waals surface area contributed by atoms with Crippen LogP contribution < -0.4 is 5.32 Å². The average Bonchev–Trinajstić information content (AvgIpc) is 2.62. The van der Waals surface area contributed by atoms with Gasteiger partial charge in [-0.3, -0.25) is 0 Å². The van der Waals surface area contributed by atoms with Gasteiger partial charge in [-0.15, -0.1) is 0 Å². The third-order valence-corrected chi connectivity index (χ3v) is 3.81. The predicted octanol–water partition coefficient (Wildman–Crippen LogP) is 2.63. The van der Waals surface area contributed by atoms with E-state index in [9.17, 15) is 4.79 Å². The summed E-state index contributed by atoms with van der Waals surface area (Å²) in [6.45, 7) is 4.52. The van der Waals surface area contributed by atoms with Gasteiger partial charge >= 0.3 is 5.97 Å². The number of hydrogen-bond acceptors (Lipinski definition) is 3. The van der Waals surface area contributed by atoms with Gasteiger partial charge in [-0.2, -0.15) is 0 Å². The van der Waals surface area contributed by atoms with Crippen molar-refractivity contribution in [1.82, 2.24) is 4.98 Å². The van der Waals surface area contributed by atoms with Crippen molar-refractivity contribution in [2.24, 2.45) is 11.8 Å². The molecule has 17 heavy (non-hydrogen) atoms. The van der Waals surface area contributed by atoms with Crippen molar-refractivity contribution >= 4 is 11.8 Å². The molecule has 1 fully saturated rings. The highest BCUT2D eigenvalue weighted by Crippen LogP contribution is 2.32. The number of anilines is 1. The number of aromatic nitrogens is 1. The van der Waals surface area contributed by atoms with Gasteiger partial charge < -0.3 is 10.4 Å². The molecular formula is C13H18N2O2. The minimum atomic E-state index is -0.938. The number of nitrogens with zero attached hydrogens (tertiary/aromatic N) is 1. The molecule has 1 aromatic heterocycles. The zero-order chi connectivity index (χ0) is 12.4. The molecule has 2 rings (SSSR count). The van der Waals surface area contributed by atoms with E-state index in [1.54, 1.807) is 12.1 Å². The number of carboxylic acids is 1. The Bertz CT molecular complexity index is 402. The maximum atomic E-state index is 10.7. The fraction of sp³-hybridized carbons (Fsp3) is 0.538. The lowest BCUT2D eigenvalue weighted by Gasteiger charge is -2.20. The molecule has 1 aromatic rings. The van der Waals surface area contributed by atoms with E-state index in [1.165, 1.54) is 12.6 Å². The second-order valence-corrected chi connectivity index (χ2v) is 4.90. The number of nitrogens with one attached hydrogen (secondary N) is 1. The lowest BCUT2D eigenvalue weighted by molar-refractivity contribution is 0.0696. The molecule has 0 aliphatic heterocycles. The van der Waals surface area contributed by atoms with Gasteiger partial charge in [0.15, 0.2) is 0 Å². The Morgan fingerprint density at radius 2 is 2.18 bits per heavy atom. The lowest BCUT2D eigenvalue weighted by Crippen LogP contribution is -2.24. The number of pyridine rings is 1. The van der Waals surface area contributed by atoms with Gasteiger partial charge in [0.05, 0.1) is 5.56 Å². The van der Waals surface area contributed by atoms with Crippen LogP contribution in [0.15, 0.2) is 18.3 Å². The molecule has 0 amide bonds. The second-order valence-electron chi connectivity index (χ2n) is 4.90. The van der Waals surface area contributed by atoms with Gasteiger partial charge in [-0.25, -0.2) is 9.78 Å². The van der Waals surface area contributed by atoms with E-state index in [0.717, 1.165) is 18.2 Å². The molecular weight excluding hydrogens is 216 g/mol. The van der Waals surface area contributed by atoms with Crippen molar-refractivity contribution < 1.29 is 9.90 Å². The van der Waals surface area contributed by atoms with Crippen LogP contribution in [-0.2, 0) is 0 Å². The second kappa shape index (κ2) is 4.73. The summed E-state index contributed by atoms with van der Waals surface area (Å²) in [6, 6.07) is 3.77. The molecule has 3 atom stereocenters. The lowest BCUT2D eigenvalue weighted by atomic mass is 9.98. The third-order valence-electron chi connectivity index (χ3n) is 3.81. The Morgan fingerprint density at radius 3 is 2.65 bits per heavy atom. The van der Waals surface area contributed by atoms with Crippen LogP contribution in [0.25, 0.3) is 0 Å². The van der Waals surface area contributed by atoms with Gasteiger partial charge in [0.1, 0.15) is 5.82 Å². The van der Waals surface area contributed by atoms with Crippen LogP contribution >= 0.6 is 0 Å². The number of hydrogen-bond donors (Lipinski definition) is 2. The fourth-order valence-electron chi connectivity index (χ4n) is 2.36. The summed E-state index contributed by atoms with van der Waals surface area (Å²) in [5, 5.41) is 12.2. The predicted molar refractivity (Wildman–Crippen MR) is 66.2 cm³/mol. The van der Waals surface area contributed by atoms with Crippen LogP contribution in [0.3, 0.4) is 0 Å². The summed E-state index contributed by atoms with van der Waals surface area (Å²) in [4.78, 5) is 14.8. The third kappa shape index (κ3) is 2.57. The first-order valence-electron chi connectivity index (χ1n) is 6.04. The highest BCUT2D eigenvalue weighted by molar-refractivity contribution is 5.87. The summed E-state index contributed by atoms with van der Waals surface area (Å²) in [7, 11) is 0. The average molecular weight is 234 g/mol. The molecule has 3 unspecified atom stereocenters. The molecule has 1 heterocycles. The molecule has 4 nitrogen and oxygen atoms in total. The monoisotopic (exact) mass is 234 g/mol. The molecule has 92 valence electrons. The smallest absolute Gasteiger partial charge is 0.337 e. The topological polar surface area (TPSA) is 62.2 Å². The summed E-state index contributed by atoms with van der Waals surface area (Å²) in [5.74, 6) is 1.20. The first-order valence-corrected chi connectivity index (χ1v) is 6.04. The van der Waals surface area contributed by atoms with Crippen LogP contribution in [0.5, 0.6) is 0 Å². The fourth-order valence-corrected chi connectivity index (χ4v) is 2.36. The van der Waals surface area contributed by atoms with Crippen LogP contribution in [0.2, 0.25) is 0 Å². The molecule has 2 N–H and O–H groups in total. The van der Waals surface area contributed by atoms with E-state index in [1.807, 2.05) is 0 Å². The van der Waals surface area contributed by atoms with Crippen LogP contribution in [0, 0.1) is 11.8 Å². The minimum Gasteiger partial charge on any atom is -0.478 e. The van der Waals surface area contributed by atoms with Gasteiger partial charge in [0, 0.05) is 12.2 Å². The molecule has 0 radical (unpaired) electrons. The summed E-state index contributed by atoms with van der Waals surface area (Å²) >= 11 is 0. The van der Waals surface area contributed by atoms with Crippen LogP contribution in [0.1, 0.15) is 37.0 Å².